The second-order valence-corrected chi connectivity index (χ2v) is 3.20. The predicted molar refractivity (Wildman–Crippen MR) is 44.9 cm³/mol. The third-order valence-electron chi connectivity index (χ3n) is 2.47. The molecule has 3 atom stereocenters. The fourth-order valence-corrected chi connectivity index (χ4v) is 1.52. The van der Waals surface area contributed by atoms with E-state index < -0.39 is 0 Å². The average Bonchev–Trinajstić information content (AvgIpc) is 1.88. The smallest absolute Gasteiger partial charge is 0.0542 e. The third-order valence-corrected chi connectivity index (χ3v) is 2.47. The maximum Gasteiger partial charge on any atom is 0.0542 e. The number of aliphatic hydroxyl groups is 1. The summed E-state index contributed by atoms with van der Waals surface area (Å²) in [5, 5.41) is 9.31. The number of aliphatic hydroxyl groups excluding tert-OH is 1. The Balaban J connectivity index is 3.80. The van der Waals surface area contributed by atoms with Crippen LogP contribution in [0.2, 0.25) is 0 Å². The Bertz CT molecular complexity index is 78.8. The van der Waals surface area contributed by atoms with Crippen molar-refractivity contribution in [3.05, 3.63) is 0 Å². The largest absolute Gasteiger partial charge is 0.393 e. The van der Waals surface area contributed by atoms with Gasteiger partial charge >= 0.3 is 0 Å². The highest BCUT2D eigenvalue weighted by molar-refractivity contribution is 4.68. The molecule has 1 heteroatoms. The molecule has 0 bridgehead atoms. The summed E-state index contributed by atoms with van der Waals surface area (Å²) in [4.78, 5) is 0. The van der Waals surface area contributed by atoms with Crippen molar-refractivity contribution in [2.45, 2.75) is 46.6 Å². The van der Waals surface area contributed by atoms with Crippen LogP contribution in [-0.2, 0) is 0 Å². The molecule has 0 aliphatic carbocycles. The Morgan fingerprint density at radius 3 is 1.70 bits per heavy atom. The van der Waals surface area contributed by atoms with Gasteiger partial charge in [-0.1, -0.05) is 33.6 Å². The Labute approximate surface area is 64.5 Å². The second kappa shape index (κ2) is 4.73. The van der Waals surface area contributed by atoms with Crippen molar-refractivity contribution >= 4 is 0 Å². The molecule has 0 radical (unpaired) electrons. The van der Waals surface area contributed by atoms with Gasteiger partial charge < -0.3 is 5.11 Å². The Morgan fingerprint density at radius 2 is 1.60 bits per heavy atom. The molecule has 1 unspecified atom stereocenters. The topological polar surface area (TPSA) is 20.2 Å². The van der Waals surface area contributed by atoms with E-state index >= 15 is 0 Å². The van der Waals surface area contributed by atoms with E-state index in [1.807, 2.05) is 6.92 Å². The molecule has 0 aliphatic heterocycles. The first-order valence-corrected chi connectivity index (χ1v) is 4.31. The van der Waals surface area contributed by atoms with Crippen molar-refractivity contribution < 1.29 is 5.11 Å². The molecule has 1 nitrogen and oxygen atoms in total. The maximum absolute atomic E-state index is 9.31. The SMILES string of the molecule is CC[C@H](C(C)O)[C@@H](C)CC. The highest BCUT2D eigenvalue weighted by Gasteiger charge is 2.18. The van der Waals surface area contributed by atoms with Crippen molar-refractivity contribution in [2.75, 3.05) is 0 Å². The molecular weight excluding hydrogens is 124 g/mol. The van der Waals surface area contributed by atoms with Crippen LogP contribution in [0.15, 0.2) is 0 Å². The molecule has 0 fully saturated rings. The molecule has 10 heavy (non-hydrogen) atoms. The molecule has 0 saturated heterocycles. The van der Waals surface area contributed by atoms with Gasteiger partial charge in [-0.15, -0.1) is 0 Å². The van der Waals surface area contributed by atoms with Crippen LogP contribution in [0.5, 0.6) is 0 Å². The fourth-order valence-electron chi connectivity index (χ4n) is 1.52. The second-order valence-electron chi connectivity index (χ2n) is 3.20. The van der Waals surface area contributed by atoms with Gasteiger partial charge in [-0.3, -0.25) is 0 Å². The van der Waals surface area contributed by atoms with E-state index in [0.717, 1.165) is 6.42 Å². The summed E-state index contributed by atoms with van der Waals surface area (Å²) in [6.45, 7) is 8.42. The quantitative estimate of drug-likeness (QED) is 0.642. The molecule has 0 aromatic rings. The molecule has 0 rings (SSSR count). The lowest BCUT2D eigenvalue weighted by atomic mass is 9.86. The van der Waals surface area contributed by atoms with Crippen LogP contribution in [0.1, 0.15) is 40.5 Å². The van der Waals surface area contributed by atoms with Crippen LogP contribution in [0.4, 0.5) is 0 Å². The van der Waals surface area contributed by atoms with E-state index in [2.05, 4.69) is 20.8 Å². The molecule has 0 spiro atoms. The number of hydrogen-bond acceptors (Lipinski definition) is 1. The van der Waals surface area contributed by atoms with E-state index in [9.17, 15) is 5.11 Å². The average molecular weight is 144 g/mol. The summed E-state index contributed by atoms with van der Waals surface area (Å²) in [5.41, 5.74) is 0. The van der Waals surface area contributed by atoms with Gasteiger partial charge in [-0.05, 0) is 18.8 Å². The van der Waals surface area contributed by atoms with Crippen LogP contribution in [0, 0.1) is 11.8 Å². The Morgan fingerprint density at radius 1 is 1.10 bits per heavy atom. The minimum atomic E-state index is -0.139. The van der Waals surface area contributed by atoms with Crippen LogP contribution < -0.4 is 0 Å². The van der Waals surface area contributed by atoms with Crippen LogP contribution in [0.3, 0.4) is 0 Å². The zero-order valence-corrected chi connectivity index (χ0v) is 7.59. The summed E-state index contributed by atoms with van der Waals surface area (Å²) in [6.07, 6.45) is 2.12. The molecule has 0 heterocycles. The molecule has 0 aromatic carbocycles. The van der Waals surface area contributed by atoms with E-state index in [-0.39, 0.29) is 6.10 Å². The highest BCUT2D eigenvalue weighted by Crippen LogP contribution is 2.21. The van der Waals surface area contributed by atoms with Crippen molar-refractivity contribution in [1.29, 1.82) is 0 Å². The minimum absolute atomic E-state index is 0.139. The van der Waals surface area contributed by atoms with Gasteiger partial charge in [0.1, 0.15) is 0 Å². The summed E-state index contributed by atoms with van der Waals surface area (Å²) < 4.78 is 0. The van der Waals surface area contributed by atoms with Gasteiger partial charge in [-0.25, -0.2) is 0 Å². The van der Waals surface area contributed by atoms with Gasteiger partial charge in [0.25, 0.3) is 0 Å². The lowest BCUT2D eigenvalue weighted by molar-refractivity contribution is 0.0886. The number of rotatable bonds is 4. The maximum atomic E-state index is 9.31. The van der Waals surface area contributed by atoms with Crippen LogP contribution in [0.25, 0.3) is 0 Å². The molecule has 0 aliphatic rings. The normalized spacial score (nSPS) is 20.1. The molecule has 0 aromatic heterocycles. The first-order valence-electron chi connectivity index (χ1n) is 4.31. The minimum Gasteiger partial charge on any atom is -0.393 e. The molecule has 0 saturated carbocycles. The lowest BCUT2D eigenvalue weighted by Crippen LogP contribution is -2.22. The third kappa shape index (κ3) is 2.70. The van der Waals surface area contributed by atoms with Crippen LogP contribution >= 0.6 is 0 Å². The van der Waals surface area contributed by atoms with E-state index in [0.29, 0.717) is 11.8 Å². The van der Waals surface area contributed by atoms with E-state index in [1.54, 1.807) is 0 Å². The Hall–Kier alpha value is -0.0400. The molecule has 1 N–H and O–H groups in total. The Kier molecular flexibility index (Phi) is 4.71. The zero-order chi connectivity index (χ0) is 8.15. The van der Waals surface area contributed by atoms with Crippen LogP contribution in [-0.4, -0.2) is 11.2 Å². The molecule has 0 amide bonds. The van der Waals surface area contributed by atoms with Gasteiger partial charge in [0.05, 0.1) is 6.10 Å². The zero-order valence-electron chi connectivity index (χ0n) is 7.59. The van der Waals surface area contributed by atoms with Crippen molar-refractivity contribution in [3.8, 4) is 0 Å². The van der Waals surface area contributed by atoms with Gasteiger partial charge in [-0.2, -0.15) is 0 Å². The lowest BCUT2D eigenvalue weighted by Gasteiger charge is -2.23. The van der Waals surface area contributed by atoms with Gasteiger partial charge in [0.2, 0.25) is 0 Å². The molecular formula is C9H20O. The predicted octanol–water partition coefficient (Wildman–Crippen LogP) is 2.44. The standard InChI is InChI=1S/C9H20O/c1-5-7(3)9(6-2)8(4)10/h7-10H,5-6H2,1-4H3/t7-,8?,9-/m0/s1. The number of hydrogen-bond donors (Lipinski definition) is 1. The van der Waals surface area contributed by atoms with E-state index in [4.69, 9.17) is 0 Å². The van der Waals surface area contributed by atoms with Gasteiger partial charge in [0, 0.05) is 0 Å². The first-order chi connectivity index (χ1) is 4.63. The fraction of sp³-hybridized carbons (Fsp3) is 1.00. The summed E-state index contributed by atoms with van der Waals surface area (Å²) in [5.74, 6) is 1.15. The monoisotopic (exact) mass is 144 g/mol. The molecule has 62 valence electrons. The first kappa shape index (κ1) is 9.96. The van der Waals surface area contributed by atoms with Crippen molar-refractivity contribution in [3.63, 3.8) is 0 Å². The van der Waals surface area contributed by atoms with Gasteiger partial charge in [0.15, 0.2) is 0 Å². The van der Waals surface area contributed by atoms with Crippen molar-refractivity contribution in [2.24, 2.45) is 11.8 Å². The summed E-state index contributed by atoms with van der Waals surface area (Å²) >= 11 is 0. The summed E-state index contributed by atoms with van der Waals surface area (Å²) in [7, 11) is 0. The van der Waals surface area contributed by atoms with Crippen molar-refractivity contribution in [1.82, 2.24) is 0 Å². The summed E-state index contributed by atoms with van der Waals surface area (Å²) in [6, 6.07) is 0. The highest BCUT2D eigenvalue weighted by atomic mass is 16.3. The van der Waals surface area contributed by atoms with E-state index in [1.165, 1.54) is 6.42 Å².